The summed E-state index contributed by atoms with van der Waals surface area (Å²) < 4.78 is 11.5. The summed E-state index contributed by atoms with van der Waals surface area (Å²) in [5.41, 5.74) is 2.00. The van der Waals surface area contributed by atoms with Crippen LogP contribution in [0.2, 0.25) is 10.0 Å². The predicted octanol–water partition coefficient (Wildman–Crippen LogP) is 6.29. The molecule has 0 aliphatic rings. The lowest BCUT2D eigenvalue weighted by atomic mass is 10.2. The smallest absolute Gasteiger partial charge is 0.124 e. The summed E-state index contributed by atoms with van der Waals surface area (Å²) in [7, 11) is 0. The van der Waals surface area contributed by atoms with Gasteiger partial charge in [-0.25, -0.2) is 0 Å². The number of nitrogens with one attached hydrogen (secondary N) is 1. The molecule has 0 atom stereocenters. The molecule has 6 heteroatoms. The van der Waals surface area contributed by atoms with E-state index in [4.69, 9.17) is 32.7 Å². The Balaban J connectivity index is 0.00000364. The van der Waals surface area contributed by atoms with Crippen molar-refractivity contribution < 1.29 is 9.47 Å². The maximum atomic E-state index is 6.19. The summed E-state index contributed by atoms with van der Waals surface area (Å²) in [5.74, 6) is 0.820. The van der Waals surface area contributed by atoms with E-state index in [1.807, 2.05) is 42.5 Å². The zero-order valence-electron chi connectivity index (χ0n) is 15.7. The zero-order chi connectivity index (χ0) is 18.6. The molecule has 0 fully saturated rings. The van der Waals surface area contributed by atoms with E-state index in [1.54, 1.807) is 0 Å². The Morgan fingerprint density at radius 1 is 0.963 bits per heavy atom. The van der Waals surface area contributed by atoms with E-state index in [-0.39, 0.29) is 12.4 Å². The van der Waals surface area contributed by atoms with E-state index in [2.05, 4.69) is 12.2 Å². The fourth-order valence-corrected chi connectivity index (χ4v) is 2.85. The average Bonchev–Trinajstić information content (AvgIpc) is 2.64. The molecule has 2 aromatic carbocycles. The van der Waals surface area contributed by atoms with Gasteiger partial charge in [0, 0.05) is 40.9 Å². The van der Waals surface area contributed by atoms with Gasteiger partial charge in [0.25, 0.3) is 0 Å². The number of ether oxygens (including phenoxy) is 2. The van der Waals surface area contributed by atoms with Crippen molar-refractivity contribution in [2.45, 2.75) is 39.3 Å². The Morgan fingerprint density at radius 2 is 1.74 bits per heavy atom. The molecule has 0 unspecified atom stereocenters. The minimum atomic E-state index is 0. The zero-order valence-corrected chi connectivity index (χ0v) is 18.0. The number of benzene rings is 2. The van der Waals surface area contributed by atoms with Gasteiger partial charge in [-0.2, -0.15) is 0 Å². The second-order valence-corrected chi connectivity index (χ2v) is 6.97. The first kappa shape index (κ1) is 24.1. The monoisotopic (exact) mass is 431 g/mol. The van der Waals surface area contributed by atoms with Crippen molar-refractivity contribution in [2.24, 2.45) is 0 Å². The molecule has 0 aromatic heterocycles. The van der Waals surface area contributed by atoms with Crippen molar-refractivity contribution in [3.63, 3.8) is 0 Å². The van der Waals surface area contributed by atoms with Crippen LogP contribution in [0, 0.1) is 0 Å². The SMILES string of the molecule is CCCCOCCCNCc1cc(Cl)ccc1OCc1ccccc1Cl.Cl. The average molecular weight is 433 g/mol. The van der Waals surface area contributed by atoms with Crippen molar-refractivity contribution in [1.29, 1.82) is 0 Å². The van der Waals surface area contributed by atoms with Crippen LogP contribution in [0.15, 0.2) is 42.5 Å². The van der Waals surface area contributed by atoms with Gasteiger partial charge in [-0.3, -0.25) is 0 Å². The van der Waals surface area contributed by atoms with Crippen LogP contribution in [0.3, 0.4) is 0 Å². The molecule has 150 valence electrons. The van der Waals surface area contributed by atoms with E-state index in [0.29, 0.717) is 23.2 Å². The molecule has 0 radical (unpaired) electrons. The standard InChI is InChI=1S/C21H27Cl2NO2.ClH/c1-2-3-12-25-13-6-11-24-15-18-14-19(22)9-10-21(18)26-16-17-7-4-5-8-20(17)23;/h4-5,7-10,14,24H,2-3,6,11-13,15-16H2,1H3;1H. The molecule has 3 nitrogen and oxygen atoms in total. The van der Waals surface area contributed by atoms with Crippen LogP contribution < -0.4 is 10.1 Å². The molecule has 0 amide bonds. The maximum Gasteiger partial charge on any atom is 0.124 e. The highest BCUT2D eigenvalue weighted by Crippen LogP contribution is 2.25. The van der Waals surface area contributed by atoms with Crippen LogP contribution in [-0.2, 0) is 17.9 Å². The van der Waals surface area contributed by atoms with Crippen LogP contribution >= 0.6 is 35.6 Å². The second-order valence-electron chi connectivity index (χ2n) is 6.13. The van der Waals surface area contributed by atoms with Gasteiger partial charge in [0.2, 0.25) is 0 Å². The van der Waals surface area contributed by atoms with Crippen molar-refractivity contribution in [3.8, 4) is 5.75 Å². The van der Waals surface area contributed by atoms with Gasteiger partial charge in [-0.1, -0.05) is 54.7 Å². The Kier molecular flexibility index (Phi) is 12.6. The highest BCUT2D eigenvalue weighted by Gasteiger charge is 2.07. The maximum absolute atomic E-state index is 6.19. The fourth-order valence-electron chi connectivity index (χ4n) is 2.47. The first-order valence-electron chi connectivity index (χ1n) is 9.13. The van der Waals surface area contributed by atoms with Crippen molar-refractivity contribution in [2.75, 3.05) is 19.8 Å². The van der Waals surface area contributed by atoms with Gasteiger partial charge in [0.15, 0.2) is 0 Å². The Bertz CT molecular complexity index is 668. The third-order valence-electron chi connectivity index (χ3n) is 3.96. The summed E-state index contributed by atoms with van der Waals surface area (Å²) in [4.78, 5) is 0. The van der Waals surface area contributed by atoms with E-state index in [9.17, 15) is 0 Å². The molecule has 27 heavy (non-hydrogen) atoms. The molecular formula is C21H28Cl3NO2. The fraction of sp³-hybridized carbons (Fsp3) is 0.429. The van der Waals surface area contributed by atoms with E-state index < -0.39 is 0 Å². The van der Waals surface area contributed by atoms with Crippen LogP contribution in [-0.4, -0.2) is 19.8 Å². The summed E-state index contributed by atoms with van der Waals surface area (Å²) in [6.45, 7) is 5.83. The summed E-state index contributed by atoms with van der Waals surface area (Å²) in [6, 6.07) is 13.4. The van der Waals surface area contributed by atoms with Crippen molar-refractivity contribution in [1.82, 2.24) is 5.32 Å². The number of unbranched alkanes of at least 4 members (excludes halogenated alkanes) is 1. The van der Waals surface area contributed by atoms with Crippen LogP contribution in [0.5, 0.6) is 5.75 Å². The van der Waals surface area contributed by atoms with E-state index >= 15 is 0 Å². The molecule has 0 bridgehead atoms. The Morgan fingerprint density at radius 3 is 2.52 bits per heavy atom. The number of hydrogen-bond acceptors (Lipinski definition) is 3. The van der Waals surface area contributed by atoms with Gasteiger partial charge < -0.3 is 14.8 Å². The lowest BCUT2D eigenvalue weighted by molar-refractivity contribution is 0.128. The topological polar surface area (TPSA) is 30.5 Å². The third kappa shape index (κ3) is 9.18. The first-order valence-corrected chi connectivity index (χ1v) is 9.89. The molecular weight excluding hydrogens is 405 g/mol. The predicted molar refractivity (Wildman–Crippen MR) is 117 cm³/mol. The second kappa shape index (κ2) is 14.1. The summed E-state index contributed by atoms with van der Waals surface area (Å²) in [6.07, 6.45) is 3.28. The van der Waals surface area contributed by atoms with Crippen molar-refractivity contribution in [3.05, 3.63) is 63.6 Å². The lowest BCUT2D eigenvalue weighted by Gasteiger charge is -2.13. The molecule has 0 saturated carbocycles. The highest BCUT2D eigenvalue weighted by atomic mass is 35.5. The summed E-state index contributed by atoms with van der Waals surface area (Å²) >= 11 is 12.3. The number of hydrogen-bond donors (Lipinski definition) is 1. The third-order valence-corrected chi connectivity index (χ3v) is 4.57. The lowest BCUT2D eigenvalue weighted by Crippen LogP contribution is -2.17. The van der Waals surface area contributed by atoms with Crippen LogP contribution in [0.4, 0.5) is 0 Å². The van der Waals surface area contributed by atoms with Gasteiger partial charge in [0.05, 0.1) is 0 Å². The van der Waals surface area contributed by atoms with Gasteiger partial charge in [-0.15, -0.1) is 12.4 Å². The van der Waals surface area contributed by atoms with Crippen LogP contribution in [0.25, 0.3) is 0 Å². The molecule has 0 aliphatic carbocycles. The quantitative estimate of drug-likeness (QED) is 0.400. The Labute approximate surface area is 178 Å². The summed E-state index contributed by atoms with van der Waals surface area (Å²) in [5, 5.41) is 4.84. The molecule has 0 spiro atoms. The van der Waals surface area contributed by atoms with Crippen molar-refractivity contribution >= 4 is 35.6 Å². The normalized spacial score (nSPS) is 10.5. The largest absolute Gasteiger partial charge is 0.489 e. The molecule has 1 N–H and O–H groups in total. The van der Waals surface area contributed by atoms with E-state index in [0.717, 1.165) is 49.5 Å². The molecule has 0 heterocycles. The molecule has 2 aromatic rings. The molecule has 0 aliphatic heterocycles. The Hall–Kier alpha value is -0.970. The first-order chi connectivity index (χ1) is 12.7. The number of halogens is 3. The number of rotatable bonds is 12. The minimum Gasteiger partial charge on any atom is -0.489 e. The van der Waals surface area contributed by atoms with E-state index in [1.165, 1.54) is 6.42 Å². The highest BCUT2D eigenvalue weighted by molar-refractivity contribution is 6.31. The van der Waals surface area contributed by atoms with Gasteiger partial charge >= 0.3 is 0 Å². The van der Waals surface area contributed by atoms with Gasteiger partial charge in [0.1, 0.15) is 12.4 Å². The minimum absolute atomic E-state index is 0. The van der Waals surface area contributed by atoms with Gasteiger partial charge in [-0.05, 0) is 43.7 Å². The van der Waals surface area contributed by atoms with Crippen LogP contribution in [0.1, 0.15) is 37.3 Å². The molecule has 2 rings (SSSR count). The molecule has 0 saturated heterocycles.